The summed E-state index contributed by atoms with van der Waals surface area (Å²) in [6.45, 7) is 0. The maximum Gasteiger partial charge on any atom is 0.208 e. The first kappa shape index (κ1) is 22.1. The van der Waals surface area contributed by atoms with E-state index in [0.29, 0.717) is 16.7 Å². The summed E-state index contributed by atoms with van der Waals surface area (Å²) in [5.41, 5.74) is 5.97. The molecule has 0 spiro atoms. The largest absolute Gasteiger partial charge is 0.355 e. The molecule has 0 fully saturated rings. The zero-order valence-corrected chi connectivity index (χ0v) is 19.4. The van der Waals surface area contributed by atoms with Crippen LogP contribution in [0.15, 0.2) is 82.6 Å². The van der Waals surface area contributed by atoms with Crippen molar-refractivity contribution in [1.82, 2.24) is 19.9 Å². The van der Waals surface area contributed by atoms with Gasteiger partial charge in [-0.3, -0.25) is 0 Å². The summed E-state index contributed by atoms with van der Waals surface area (Å²) in [6, 6.07) is 21.5. The van der Waals surface area contributed by atoms with Gasteiger partial charge in [-0.2, -0.15) is 0 Å². The molecule has 0 amide bonds. The van der Waals surface area contributed by atoms with Crippen LogP contribution < -0.4 is 0 Å². The van der Waals surface area contributed by atoms with Crippen LogP contribution in [0.5, 0.6) is 0 Å². The molecule has 2 N–H and O–H groups in total. The van der Waals surface area contributed by atoms with E-state index in [9.17, 15) is 8.42 Å². The zero-order valence-electron chi connectivity index (χ0n) is 17.7. The fourth-order valence-electron chi connectivity index (χ4n) is 3.94. The van der Waals surface area contributed by atoms with Gasteiger partial charge in [0.2, 0.25) is 9.84 Å². The fourth-order valence-corrected chi connectivity index (χ4v) is 5.39. The monoisotopic (exact) mass is 513 g/mol. The maximum absolute atomic E-state index is 13.4. The van der Waals surface area contributed by atoms with Gasteiger partial charge in [-0.15, -0.1) is 0 Å². The van der Waals surface area contributed by atoms with Gasteiger partial charge in [0, 0.05) is 33.6 Å². The maximum atomic E-state index is 13.4. The molecule has 1 aromatic carbocycles. The predicted octanol–water partition coefficient (Wildman–Crippen LogP) is 5.49. The Morgan fingerprint density at radius 1 is 0.588 bits per heavy atom. The third kappa shape index (κ3) is 4.15. The Balaban J connectivity index is 0.00000241. The minimum Gasteiger partial charge on any atom is -0.355 e. The molecule has 1 radical (unpaired) electrons. The normalized spacial score (nSPS) is 12.5. The Morgan fingerprint density at radius 3 is 1.85 bits per heavy atom. The first-order chi connectivity index (χ1) is 16.0. The van der Waals surface area contributed by atoms with E-state index >= 15 is 0 Å². The number of hydrogen-bond acceptors (Lipinski definition) is 4. The van der Waals surface area contributed by atoms with Crippen LogP contribution in [0.4, 0.5) is 0 Å². The summed E-state index contributed by atoms with van der Waals surface area (Å²) >= 11 is 0. The Hall–Kier alpha value is -3.71. The van der Waals surface area contributed by atoms with Gasteiger partial charge >= 0.3 is 0 Å². The van der Waals surface area contributed by atoms with Gasteiger partial charge in [-0.05, 0) is 78.9 Å². The SMILES string of the molecule is O=S(=O)(c1ccccc1)c1cc2cc3ccc(cc4nc(cc5nc(cc1[nH]2)C=C5)C=C4)[nH]3.[Cu]. The number of aromatic amines is 2. The van der Waals surface area contributed by atoms with Crippen LogP contribution in [0.25, 0.3) is 46.4 Å². The molecule has 0 aliphatic carbocycles. The second-order valence-electron chi connectivity index (χ2n) is 7.86. The smallest absolute Gasteiger partial charge is 0.208 e. The predicted molar refractivity (Wildman–Crippen MR) is 131 cm³/mol. The molecular formula is C26H18CuN4O2S. The van der Waals surface area contributed by atoms with Gasteiger partial charge in [0.05, 0.1) is 38.1 Å². The Labute approximate surface area is 206 Å². The molecule has 8 heteroatoms. The number of rotatable bonds is 2. The van der Waals surface area contributed by atoms with E-state index in [2.05, 4.69) is 19.9 Å². The molecule has 4 aromatic rings. The number of sulfone groups is 1. The molecule has 8 bridgehead atoms. The van der Waals surface area contributed by atoms with Crippen LogP contribution in [0.1, 0.15) is 22.8 Å². The first-order valence-corrected chi connectivity index (χ1v) is 11.9. The first-order valence-electron chi connectivity index (χ1n) is 10.4. The molecule has 0 saturated heterocycles. The summed E-state index contributed by atoms with van der Waals surface area (Å²) in [5.74, 6) is 0. The van der Waals surface area contributed by atoms with E-state index in [1.165, 1.54) is 0 Å². The number of fused-ring (bicyclic) bond motifs is 8. The molecule has 0 saturated carbocycles. The molecule has 171 valence electrons. The number of hydrogen-bond donors (Lipinski definition) is 2. The van der Waals surface area contributed by atoms with E-state index in [4.69, 9.17) is 0 Å². The van der Waals surface area contributed by atoms with E-state index in [-0.39, 0.29) is 26.9 Å². The van der Waals surface area contributed by atoms with Gasteiger partial charge in [-0.1, -0.05) is 18.2 Å². The molecule has 0 unspecified atom stereocenters. The topological polar surface area (TPSA) is 91.5 Å². The number of aromatic nitrogens is 4. The third-order valence-corrected chi connectivity index (χ3v) is 7.28. The number of benzene rings is 1. The summed E-state index contributed by atoms with van der Waals surface area (Å²) in [7, 11) is -3.73. The minimum absolute atomic E-state index is 0. The molecule has 6 rings (SSSR count). The number of H-pyrrole nitrogens is 2. The van der Waals surface area contributed by atoms with Gasteiger partial charge < -0.3 is 9.97 Å². The molecule has 6 nitrogen and oxygen atoms in total. The number of nitrogens with zero attached hydrogens (tertiary/aromatic N) is 2. The Kier molecular flexibility index (Phi) is 5.57. The van der Waals surface area contributed by atoms with Crippen molar-refractivity contribution >= 4 is 56.2 Å². The fraction of sp³-hybridized carbons (Fsp3) is 0. The Morgan fingerprint density at radius 2 is 1.18 bits per heavy atom. The van der Waals surface area contributed by atoms with Crippen LogP contribution >= 0.6 is 0 Å². The molecule has 0 atom stereocenters. The van der Waals surface area contributed by atoms with Crippen molar-refractivity contribution < 1.29 is 25.5 Å². The van der Waals surface area contributed by atoms with Crippen LogP contribution in [0.3, 0.4) is 0 Å². The molecule has 34 heavy (non-hydrogen) atoms. The van der Waals surface area contributed by atoms with E-state index in [1.807, 2.05) is 54.6 Å². The van der Waals surface area contributed by atoms with Gasteiger partial charge in [-0.25, -0.2) is 18.4 Å². The van der Waals surface area contributed by atoms with Crippen molar-refractivity contribution in [3.05, 3.63) is 95.6 Å². The van der Waals surface area contributed by atoms with Crippen LogP contribution in [-0.4, -0.2) is 28.4 Å². The number of nitrogens with one attached hydrogen (secondary N) is 2. The van der Waals surface area contributed by atoms with Crippen LogP contribution in [0.2, 0.25) is 0 Å². The van der Waals surface area contributed by atoms with E-state index in [0.717, 1.165) is 28.1 Å². The second-order valence-corrected chi connectivity index (χ2v) is 9.77. The van der Waals surface area contributed by atoms with Crippen LogP contribution in [-0.2, 0) is 26.9 Å². The molecule has 5 heterocycles. The average molecular weight is 514 g/mol. The van der Waals surface area contributed by atoms with E-state index < -0.39 is 9.84 Å². The molecule has 2 aliphatic heterocycles. The summed E-state index contributed by atoms with van der Waals surface area (Å²) in [6.07, 6.45) is 7.65. The standard InChI is InChI=1S/C26H18N4O2S.Cu/c31-33(32,24-4-2-1-3-5-24)26-16-23-14-21-9-8-19(28-21)12-17-6-7-18(27-17)13-20-10-11-22(29-20)15-25(26)30-23;/h1-16,28,30H;. The van der Waals surface area contributed by atoms with Crippen molar-refractivity contribution in [2.24, 2.45) is 0 Å². The molecule has 2 aliphatic rings. The van der Waals surface area contributed by atoms with Crippen molar-refractivity contribution in [3.63, 3.8) is 0 Å². The van der Waals surface area contributed by atoms with Gasteiger partial charge in [0.15, 0.2) is 0 Å². The second kappa shape index (κ2) is 8.57. The van der Waals surface area contributed by atoms with Crippen molar-refractivity contribution in [3.8, 4) is 0 Å². The van der Waals surface area contributed by atoms with Gasteiger partial charge in [0.25, 0.3) is 0 Å². The quantitative estimate of drug-likeness (QED) is 0.300. The minimum atomic E-state index is -3.73. The third-order valence-electron chi connectivity index (χ3n) is 5.47. The average Bonchev–Trinajstić information content (AvgIpc) is 3.59. The summed E-state index contributed by atoms with van der Waals surface area (Å²) < 4.78 is 26.9. The summed E-state index contributed by atoms with van der Waals surface area (Å²) in [4.78, 5) is 16.3. The van der Waals surface area contributed by atoms with Crippen molar-refractivity contribution in [2.75, 3.05) is 0 Å². The van der Waals surface area contributed by atoms with Crippen molar-refractivity contribution in [2.45, 2.75) is 9.79 Å². The molecular weight excluding hydrogens is 496 g/mol. The van der Waals surface area contributed by atoms with Crippen LogP contribution in [0, 0.1) is 0 Å². The Bertz CT molecular complexity index is 1730. The van der Waals surface area contributed by atoms with Crippen molar-refractivity contribution in [1.29, 1.82) is 0 Å². The van der Waals surface area contributed by atoms with E-state index in [1.54, 1.807) is 42.5 Å². The molecule has 3 aromatic heterocycles. The summed E-state index contributed by atoms with van der Waals surface area (Å²) in [5, 5.41) is 0. The van der Waals surface area contributed by atoms with Gasteiger partial charge in [0.1, 0.15) is 0 Å². The zero-order chi connectivity index (χ0) is 22.4.